The van der Waals surface area contributed by atoms with Gasteiger partial charge in [-0.15, -0.1) is 0 Å². The van der Waals surface area contributed by atoms with Crippen molar-refractivity contribution in [3.8, 4) is 5.88 Å². The maximum absolute atomic E-state index is 6.19. The second kappa shape index (κ2) is 7.25. The zero-order valence-corrected chi connectivity index (χ0v) is 15.9. The molecule has 1 fully saturated rings. The summed E-state index contributed by atoms with van der Waals surface area (Å²) in [7, 11) is 1.63. The molecule has 26 heavy (non-hydrogen) atoms. The average molecular weight is 371 g/mol. The van der Waals surface area contributed by atoms with Gasteiger partial charge < -0.3 is 15.0 Å². The van der Waals surface area contributed by atoms with Crippen molar-refractivity contribution in [1.29, 1.82) is 0 Å². The minimum absolute atomic E-state index is 0.426. The van der Waals surface area contributed by atoms with Crippen molar-refractivity contribution >= 4 is 39.2 Å². The second-order valence-corrected chi connectivity index (χ2v) is 7.16. The molecule has 0 spiro atoms. The first kappa shape index (κ1) is 17.3. The van der Waals surface area contributed by atoms with Gasteiger partial charge in [-0.25, -0.2) is 9.97 Å². The molecule has 0 amide bonds. The van der Waals surface area contributed by atoms with Gasteiger partial charge in [-0.05, 0) is 43.7 Å². The quantitative estimate of drug-likeness (QED) is 0.692. The molecule has 3 heterocycles. The topological polar surface area (TPSA) is 50.3 Å². The van der Waals surface area contributed by atoms with E-state index in [4.69, 9.17) is 21.3 Å². The summed E-state index contributed by atoms with van der Waals surface area (Å²) < 4.78 is 5.33. The highest BCUT2D eigenvalue weighted by molar-refractivity contribution is 6.31. The van der Waals surface area contributed by atoms with Crippen LogP contribution in [0.15, 0.2) is 30.3 Å². The van der Waals surface area contributed by atoms with Crippen molar-refractivity contribution in [3.63, 3.8) is 0 Å². The molecule has 0 atom stereocenters. The zero-order valence-electron chi connectivity index (χ0n) is 15.1. The number of anilines is 1. The number of nitrogens with zero attached hydrogens (tertiary/aromatic N) is 3. The summed E-state index contributed by atoms with van der Waals surface area (Å²) >= 11 is 6.19. The van der Waals surface area contributed by atoms with E-state index in [1.54, 1.807) is 7.11 Å². The van der Waals surface area contributed by atoms with Crippen LogP contribution in [0.2, 0.25) is 5.02 Å². The molecule has 6 heteroatoms. The molecule has 0 radical (unpaired) electrons. The molecule has 2 aromatic heterocycles. The fourth-order valence-electron chi connectivity index (χ4n) is 3.63. The predicted octanol–water partition coefficient (Wildman–Crippen LogP) is 4.34. The molecule has 1 N–H and O–H groups in total. The molecule has 5 nitrogen and oxygen atoms in total. The average Bonchev–Trinajstić information content (AvgIpc) is 2.67. The van der Waals surface area contributed by atoms with Crippen LogP contribution in [0.25, 0.3) is 21.9 Å². The number of methoxy groups -OCH3 is 1. The van der Waals surface area contributed by atoms with Crippen LogP contribution in [-0.2, 0) is 0 Å². The van der Waals surface area contributed by atoms with Crippen LogP contribution in [-0.4, -0.2) is 47.7 Å². The first-order chi connectivity index (χ1) is 12.7. The van der Waals surface area contributed by atoms with Crippen molar-refractivity contribution in [2.24, 2.45) is 0 Å². The van der Waals surface area contributed by atoms with Crippen LogP contribution in [0.1, 0.15) is 19.8 Å². The van der Waals surface area contributed by atoms with Crippen LogP contribution in [0, 0.1) is 0 Å². The third-order valence-corrected chi connectivity index (χ3v) is 5.38. The van der Waals surface area contributed by atoms with Gasteiger partial charge >= 0.3 is 0 Å². The lowest BCUT2D eigenvalue weighted by atomic mass is 10.0. The third-order valence-electron chi connectivity index (χ3n) is 5.15. The van der Waals surface area contributed by atoms with Gasteiger partial charge in [0, 0.05) is 35.6 Å². The normalized spacial score (nSPS) is 16.3. The number of rotatable bonds is 4. The Hall–Kier alpha value is -2.11. The van der Waals surface area contributed by atoms with Crippen molar-refractivity contribution in [1.82, 2.24) is 14.9 Å². The highest BCUT2D eigenvalue weighted by Gasteiger charge is 2.20. The van der Waals surface area contributed by atoms with Gasteiger partial charge in [-0.1, -0.05) is 18.5 Å². The number of halogens is 1. The standard InChI is InChI=1S/C20H23ClN4O/c1-3-25-10-8-14(9-11-25)22-19-15-5-4-13(21)12-17(15)23-16-6-7-18(26-2)24-20(16)19/h4-7,12,14H,3,8-11H2,1-2H3,(H,22,23). The van der Waals surface area contributed by atoms with Gasteiger partial charge in [0.05, 0.1) is 23.8 Å². The minimum atomic E-state index is 0.426. The Labute approximate surface area is 158 Å². The molecule has 1 aliphatic heterocycles. The van der Waals surface area contributed by atoms with Crippen LogP contribution in [0.3, 0.4) is 0 Å². The first-order valence-corrected chi connectivity index (χ1v) is 9.48. The summed E-state index contributed by atoms with van der Waals surface area (Å²) in [6, 6.07) is 10.1. The molecule has 0 unspecified atom stereocenters. The molecule has 1 aliphatic rings. The maximum atomic E-state index is 6.19. The Morgan fingerprint density at radius 2 is 1.96 bits per heavy atom. The lowest BCUT2D eigenvalue weighted by Gasteiger charge is -2.32. The second-order valence-electron chi connectivity index (χ2n) is 6.72. The number of likely N-dealkylation sites (tertiary alicyclic amines) is 1. The highest BCUT2D eigenvalue weighted by atomic mass is 35.5. The summed E-state index contributed by atoms with van der Waals surface area (Å²) in [4.78, 5) is 11.9. The Bertz CT molecular complexity index is 938. The van der Waals surface area contributed by atoms with Gasteiger partial charge in [0.15, 0.2) is 0 Å². The van der Waals surface area contributed by atoms with E-state index in [0.717, 1.165) is 60.1 Å². The van der Waals surface area contributed by atoms with E-state index in [-0.39, 0.29) is 0 Å². The fourth-order valence-corrected chi connectivity index (χ4v) is 3.80. The number of fused-ring (bicyclic) bond motifs is 2. The van der Waals surface area contributed by atoms with Crippen LogP contribution in [0.4, 0.5) is 5.69 Å². The fraction of sp³-hybridized carbons (Fsp3) is 0.400. The van der Waals surface area contributed by atoms with E-state index in [1.807, 2.05) is 30.3 Å². The molecule has 0 bridgehead atoms. The maximum Gasteiger partial charge on any atom is 0.213 e. The summed E-state index contributed by atoms with van der Waals surface area (Å²) in [5.41, 5.74) is 3.59. The van der Waals surface area contributed by atoms with E-state index >= 15 is 0 Å². The Morgan fingerprint density at radius 1 is 1.15 bits per heavy atom. The Morgan fingerprint density at radius 3 is 2.69 bits per heavy atom. The number of nitrogens with one attached hydrogen (secondary N) is 1. The number of pyridine rings is 2. The van der Waals surface area contributed by atoms with Gasteiger partial charge in [0.1, 0.15) is 5.52 Å². The van der Waals surface area contributed by atoms with Crippen molar-refractivity contribution in [2.75, 3.05) is 32.1 Å². The van der Waals surface area contributed by atoms with Gasteiger partial charge in [-0.3, -0.25) is 0 Å². The molecule has 0 saturated carbocycles. The van der Waals surface area contributed by atoms with E-state index in [9.17, 15) is 0 Å². The van der Waals surface area contributed by atoms with Crippen LogP contribution in [0.5, 0.6) is 5.88 Å². The Balaban J connectivity index is 1.80. The smallest absolute Gasteiger partial charge is 0.213 e. The third kappa shape index (κ3) is 3.29. The van der Waals surface area contributed by atoms with E-state index < -0.39 is 0 Å². The highest BCUT2D eigenvalue weighted by Crippen LogP contribution is 2.33. The van der Waals surface area contributed by atoms with Gasteiger partial charge in [-0.2, -0.15) is 0 Å². The monoisotopic (exact) mass is 370 g/mol. The van der Waals surface area contributed by atoms with Gasteiger partial charge in [0.25, 0.3) is 0 Å². The molecular formula is C20H23ClN4O. The number of aromatic nitrogens is 2. The predicted molar refractivity (Wildman–Crippen MR) is 107 cm³/mol. The molecule has 0 aliphatic carbocycles. The number of hydrogen-bond donors (Lipinski definition) is 1. The lowest BCUT2D eigenvalue weighted by Crippen LogP contribution is -2.38. The minimum Gasteiger partial charge on any atom is -0.481 e. The number of piperidine rings is 1. The van der Waals surface area contributed by atoms with Gasteiger partial charge in [0.2, 0.25) is 5.88 Å². The summed E-state index contributed by atoms with van der Waals surface area (Å²) in [6.45, 7) is 5.58. The molecule has 136 valence electrons. The summed E-state index contributed by atoms with van der Waals surface area (Å²) in [5, 5.41) is 5.48. The SMILES string of the molecule is CCN1CCC(Nc2c3ccc(Cl)cc3nc3ccc(OC)nc23)CC1. The van der Waals surface area contributed by atoms with Crippen molar-refractivity contribution < 1.29 is 4.74 Å². The van der Waals surface area contributed by atoms with Crippen LogP contribution >= 0.6 is 11.6 Å². The van der Waals surface area contributed by atoms with E-state index in [2.05, 4.69) is 22.1 Å². The largest absolute Gasteiger partial charge is 0.481 e. The molecule has 1 aromatic carbocycles. The van der Waals surface area contributed by atoms with E-state index in [0.29, 0.717) is 16.9 Å². The van der Waals surface area contributed by atoms with E-state index in [1.165, 1.54) is 0 Å². The van der Waals surface area contributed by atoms with Crippen molar-refractivity contribution in [3.05, 3.63) is 35.4 Å². The summed E-state index contributed by atoms with van der Waals surface area (Å²) in [6.07, 6.45) is 2.24. The number of benzene rings is 1. The number of hydrogen-bond acceptors (Lipinski definition) is 5. The molecule has 1 saturated heterocycles. The zero-order chi connectivity index (χ0) is 18.1. The Kier molecular flexibility index (Phi) is 4.83. The lowest BCUT2D eigenvalue weighted by molar-refractivity contribution is 0.229. The molecule has 4 rings (SSSR count). The molecule has 3 aromatic rings. The number of ether oxygens (including phenoxy) is 1. The first-order valence-electron chi connectivity index (χ1n) is 9.11. The molecular weight excluding hydrogens is 348 g/mol. The summed E-state index contributed by atoms with van der Waals surface area (Å²) in [5.74, 6) is 0.594. The van der Waals surface area contributed by atoms with Crippen LogP contribution < -0.4 is 10.1 Å². The van der Waals surface area contributed by atoms with Crippen molar-refractivity contribution in [2.45, 2.75) is 25.8 Å².